The van der Waals surface area contributed by atoms with E-state index >= 15 is 0 Å². The molecule has 2 heterocycles. The average molecular weight is 939 g/mol. The number of aromatic nitrogens is 1. The van der Waals surface area contributed by atoms with Gasteiger partial charge in [0.05, 0.1) is 38.9 Å². The van der Waals surface area contributed by atoms with Crippen molar-refractivity contribution in [3.8, 4) is 39.1 Å². The van der Waals surface area contributed by atoms with Gasteiger partial charge in [-0.05, 0) is 114 Å². The molecular formula is C72H46N2. The van der Waals surface area contributed by atoms with E-state index in [1.807, 2.05) is 0 Å². The van der Waals surface area contributed by atoms with Gasteiger partial charge in [-0.15, -0.1) is 0 Å². The molecular weight excluding hydrogens is 893 g/mol. The normalized spacial score (nSPS) is 15.2. The van der Waals surface area contributed by atoms with Crippen LogP contribution in [0.5, 0.6) is 0 Å². The van der Waals surface area contributed by atoms with Crippen LogP contribution in [-0.4, -0.2) is 4.57 Å². The summed E-state index contributed by atoms with van der Waals surface area (Å²) >= 11 is 0. The highest BCUT2D eigenvalue weighted by molar-refractivity contribution is 6.13. The number of hydrogen-bond donors (Lipinski definition) is 0. The first-order valence-electron chi connectivity index (χ1n) is 25.8. The smallest absolute Gasteiger partial charge is 0.0755 e. The maximum Gasteiger partial charge on any atom is 0.0755 e. The number of hydrogen-bond acceptors (Lipinski definition) is 1. The summed E-state index contributed by atoms with van der Waals surface area (Å²) in [4.78, 5) is 2.59. The molecule has 13 aromatic rings. The SMILES string of the molecule is c1ccc(C2(c3ccccc3)c3ccccc3-c3c(N(c4ccc(-c5cccc6ccccc56)cc4)c4cccc5c4-c4ccccc4C54c5ccccc5-n5c6ccccc6c6cccc4c65)cccc32)cc1. The quantitative estimate of drug-likeness (QED) is 0.161. The van der Waals surface area contributed by atoms with Gasteiger partial charge in [-0.3, -0.25) is 0 Å². The van der Waals surface area contributed by atoms with Crippen LogP contribution >= 0.6 is 0 Å². The molecule has 1 spiro atoms. The molecule has 0 fully saturated rings. The average Bonchev–Trinajstić information content (AvgIpc) is 4.16. The Morgan fingerprint density at radius 2 is 0.770 bits per heavy atom. The molecule has 0 saturated heterocycles. The van der Waals surface area contributed by atoms with Gasteiger partial charge in [0.25, 0.3) is 0 Å². The third-order valence-electron chi connectivity index (χ3n) is 16.9. The summed E-state index contributed by atoms with van der Waals surface area (Å²) in [5.74, 6) is 0. The van der Waals surface area contributed by atoms with E-state index in [-0.39, 0.29) is 0 Å². The predicted molar refractivity (Wildman–Crippen MR) is 307 cm³/mol. The van der Waals surface area contributed by atoms with Crippen molar-refractivity contribution in [1.82, 2.24) is 4.57 Å². The Bertz CT molecular complexity index is 4390. The Kier molecular flexibility index (Phi) is 8.62. The van der Waals surface area contributed by atoms with E-state index < -0.39 is 10.8 Å². The Labute approximate surface area is 430 Å². The predicted octanol–water partition coefficient (Wildman–Crippen LogP) is 18.1. The minimum absolute atomic E-state index is 0.563. The van der Waals surface area contributed by atoms with Gasteiger partial charge in [-0.25, -0.2) is 0 Å². The zero-order chi connectivity index (χ0) is 48.5. The summed E-state index contributed by atoms with van der Waals surface area (Å²) in [6, 6.07) is 105. The molecule has 2 nitrogen and oxygen atoms in total. The topological polar surface area (TPSA) is 8.17 Å². The number of fused-ring (bicyclic) bond motifs is 16. The second-order valence-electron chi connectivity index (χ2n) is 20.2. The van der Waals surface area contributed by atoms with Crippen LogP contribution < -0.4 is 4.90 Å². The Hall–Kier alpha value is -9.50. The van der Waals surface area contributed by atoms with Gasteiger partial charge in [-0.2, -0.15) is 0 Å². The molecule has 0 N–H and O–H groups in total. The Balaban J connectivity index is 1.01. The lowest BCUT2D eigenvalue weighted by molar-refractivity contribution is 0.748. The fraction of sp³-hybridized carbons (Fsp3) is 0.0278. The summed E-state index contributed by atoms with van der Waals surface area (Å²) in [5, 5.41) is 5.04. The molecule has 1 aliphatic heterocycles. The minimum atomic E-state index is -0.604. The van der Waals surface area contributed by atoms with E-state index in [0.717, 1.165) is 17.1 Å². The molecule has 2 aliphatic carbocycles. The third-order valence-corrected chi connectivity index (χ3v) is 16.9. The van der Waals surface area contributed by atoms with Crippen LogP contribution in [0, 0.1) is 0 Å². The van der Waals surface area contributed by atoms with Gasteiger partial charge in [0.15, 0.2) is 0 Å². The van der Waals surface area contributed by atoms with Crippen LogP contribution in [0.15, 0.2) is 279 Å². The van der Waals surface area contributed by atoms with Crippen molar-refractivity contribution in [2.24, 2.45) is 0 Å². The first-order chi connectivity index (χ1) is 36.8. The standard InChI is InChI=1S/C72H46N2/c1-3-23-49(24-4-1)71(50-25-5-2-6-26-50)58-33-12-9-29-56(58)68-61(71)36-19-41-66(68)73(51-45-43-48(44-46-51)53-31-17-22-47-21-7-8-27-52(47)53)67-42-20-37-62-69(67)57-30-10-13-34-59(57)72(62)60-35-14-16-40-65(60)74-64-39-15-11-28-54(64)55-32-18-38-63(72)70(55)74/h1-46H. The summed E-state index contributed by atoms with van der Waals surface area (Å²) in [6.07, 6.45) is 0. The fourth-order valence-corrected chi connectivity index (χ4v) is 14.1. The van der Waals surface area contributed by atoms with Crippen molar-refractivity contribution in [2.45, 2.75) is 10.8 Å². The van der Waals surface area contributed by atoms with Crippen molar-refractivity contribution in [1.29, 1.82) is 0 Å². The van der Waals surface area contributed by atoms with Crippen molar-refractivity contribution in [3.05, 3.63) is 324 Å². The number of para-hydroxylation sites is 3. The molecule has 3 aliphatic rings. The van der Waals surface area contributed by atoms with Crippen LogP contribution in [-0.2, 0) is 10.8 Å². The van der Waals surface area contributed by atoms with Crippen molar-refractivity contribution >= 4 is 49.6 Å². The molecule has 0 saturated carbocycles. The maximum atomic E-state index is 2.59. The number of anilines is 3. The van der Waals surface area contributed by atoms with Crippen LogP contribution in [0.1, 0.15) is 44.5 Å². The molecule has 344 valence electrons. The monoisotopic (exact) mass is 938 g/mol. The van der Waals surface area contributed by atoms with Gasteiger partial charge in [0.2, 0.25) is 0 Å². The van der Waals surface area contributed by atoms with Crippen LogP contribution in [0.3, 0.4) is 0 Å². The molecule has 0 bridgehead atoms. The molecule has 1 atom stereocenters. The maximum absolute atomic E-state index is 2.59. The largest absolute Gasteiger partial charge is 0.309 e. The van der Waals surface area contributed by atoms with Gasteiger partial charge < -0.3 is 9.47 Å². The highest BCUT2D eigenvalue weighted by atomic mass is 15.1. The summed E-state index contributed by atoms with van der Waals surface area (Å²) in [6.45, 7) is 0. The summed E-state index contributed by atoms with van der Waals surface area (Å²) < 4.78 is 2.53. The molecule has 74 heavy (non-hydrogen) atoms. The first kappa shape index (κ1) is 41.2. The Morgan fingerprint density at radius 1 is 0.297 bits per heavy atom. The highest BCUT2D eigenvalue weighted by Crippen LogP contribution is 2.65. The molecule has 16 rings (SSSR count). The van der Waals surface area contributed by atoms with E-state index in [4.69, 9.17) is 0 Å². The van der Waals surface area contributed by atoms with E-state index in [1.54, 1.807) is 0 Å². The zero-order valence-corrected chi connectivity index (χ0v) is 40.5. The van der Waals surface area contributed by atoms with Crippen LogP contribution in [0.25, 0.3) is 71.6 Å². The molecule has 0 radical (unpaired) electrons. The van der Waals surface area contributed by atoms with Gasteiger partial charge in [0, 0.05) is 27.6 Å². The second-order valence-corrected chi connectivity index (χ2v) is 20.2. The Morgan fingerprint density at radius 3 is 1.47 bits per heavy atom. The lowest BCUT2D eigenvalue weighted by Crippen LogP contribution is -2.33. The van der Waals surface area contributed by atoms with E-state index in [0.29, 0.717) is 0 Å². The van der Waals surface area contributed by atoms with Gasteiger partial charge in [0.1, 0.15) is 0 Å². The van der Waals surface area contributed by atoms with Gasteiger partial charge in [-0.1, -0.05) is 243 Å². The third kappa shape index (κ3) is 5.28. The van der Waals surface area contributed by atoms with E-state index in [2.05, 4.69) is 289 Å². The van der Waals surface area contributed by atoms with Crippen molar-refractivity contribution in [3.63, 3.8) is 0 Å². The van der Waals surface area contributed by atoms with E-state index in [9.17, 15) is 0 Å². The molecule has 1 aromatic heterocycles. The van der Waals surface area contributed by atoms with Crippen molar-refractivity contribution < 1.29 is 0 Å². The zero-order valence-electron chi connectivity index (χ0n) is 40.5. The molecule has 0 amide bonds. The lowest BCUT2D eigenvalue weighted by Gasteiger charge is -2.39. The van der Waals surface area contributed by atoms with Crippen LogP contribution in [0.2, 0.25) is 0 Å². The molecule has 1 unspecified atom stereocenters. The fourth-order valence-electron chi connectivity index (χ4n) is 14.1. The highest BCUT2D eigenvalue weighted by Gasteiger charge is 2.52. The van der Waals surface area contributed by atoms with E-state index in [1.165, 1.54) is 116 Å². The number of nitrogens with zero attached hydrogens (tertiary/aromatic N) is 2. The van der Waals surface area contributed by atoms with Gasteiger partial charge >= 0.3 is 0 Å². The first-order valence-corrected chi connectivity index (χ1v) is 25.8. The van der Waals surface area contributed by atoms with Crippen LogP contribution in [0.4, 0.5) is 17.1 Å². The second kappa shape index (κ2) is 15.5. The summed E-state index contributed by atoms with van der Waals surface area (Å²) in [5.41, 5.74) is 23.6. The number of benzene rings is 12. The van der Waals surface area contributed by atoms with Crippen molar-refractivity contribution in [2.75, 3.05) is 4.90 Å². The number of rotatable bonds is 6. The molecule has 12 aromatic carbocycles. The molecule has 2 heteroatoms. The minimum Gasteiger partial charge on any atom is -0.309 e. The summed E-state index contributed by atoms with van der Waals surface area (Å²) in [7, 11) is 0. The lowest BCUT2D eigenvalue weighted by atomic mass is 9.65.